The molecule has 0 unspecified atom stereocenters. The minimum Gasteiger partial charge on any atom is -0.452 e. The third-order valence-electron chi connectivity index (χ3n) is 2.46. The number of esters is 1. The highest BCUT2D eigenvalue weighted by atomic mass is 32.1. The van der Waals surface area contributed by atoms with E-state index >= 15 is 0 Å². The zero-order valence-electron chi connectivity index (χ0n) is 11.8. The standard InChI is InChI=1S/C15H19NO3S/c1-4-16(10-12(2)3)14(17)11-19-15(18)8-7-13-6-5-9-20-13/h5-9H,2,4,10-11H2,1,3H3/b8-7+. The summed E-state index contributed by atoms with van der Waals surface area (Å²) < 4.78 is 4.92. The lowest BCUT2D eigenvalue weighted by Gasteiger charge is -2.20. The molecule has 0 spiro atoms. The minimum atomic E-state index is -0.516. The molecule has 0 aliphatic heterocycles. The molecule has 0 saturated heterocycles. The first-order valence-electron chi connectivity index (χ1n) is 6.33. The first-order valence-corrected chi connectivity index (χ1v) is 7.21. The molecular weight excluding hydrogens is 274 g/mol. The highest BCUT2D eigenvalue weighted by Gasteiger charge is 2.13. The molecule has 0 N–H and O–H groups in total. The van der Waals surface area contributed by atoms with Gasteiger partial charge >= 0.3 is 5.97 Å². The molecule has 0 saturated carbocycles. The van der Waals surface area contributed by atoms with Crippen molar-refractivity contribution in [2.24, 2.45) is 0 Å². The Hall–Kier alpha value is -1.88. The van der Waals surface area contributed by atoms with Gasteiger partial charge in [0, 0.05) is 24.0 Å². The van der Waals surface area contributed by atoms with Gasteiger partial charge in [-0.25, -0.2) is 4.79 Å². The quantitative estimate of drug-likeness (QED) is 0.441. The Kier molecular flexibility index (Phi) is 6.73. The van der Waals surface area contributed by atoms with Gasteiger partial charge < -0.3 is 9.64 Å². The highest BCUT2D eigenvalue weighted by molar-refractivity contribution is 7.10. The maximum absolute atomic E-state index is 11.8. The van der Waals surface area contributed by atoms with Crippen molar-refractivity contribution in [1.82, 2.24) is 4.90 Å². The molecule has 4 nitrogen and oxygen atoms in total. The molecule has 0 radical (unpaired) electrons. The summed E-state index contributed by atoms with van der Waals surface area (Å²) in [5, 5.41) is 1.92. The summed E-state index contributed by atoms with van der Waals surface area (Å²) in [6.45, 7) is 8.30. The number of carbonyl (C=O) groups is 2. The number of ether oxygens (including phenoxy) is 1. The van der Waals surface area contributed by atoms with Gasteiger partial charge in [-0.3, -0.25) is 4.79 Å². The fourth-order valence-corrected chi connectivity index (χ4v) is 2.13. The van der Waals surface area contributed by atoms with Gasteiger partial charge in [0.1, 0.15) is 0 Å². The van der Waals surface area contributed by atoms with E-state index in [1.54, 1.807) is 11.0 Å². The Morgan fingerprint density at radius 1 is 1.50 bits per heavy atom. The van der Waals surface area contributed by atoms with Crippen molar-refractivity contribution in [3.8, 4) is 0 Å². The van der Waals surface area contributed by atoms with Gasteiger partial charge in [0.05, 0.1) is 0 Å². The lowest BCUT2D eigenvalue weighted by Crippen LogP contribution is -2.35. The van der Waals surface area contributed by atoms with Crippen LogP contribution in [-0.4, -0.2) is 36.5 Å². The van der Waals surface area contributed by atoms with E-state index in [0.29, 0.717) is 13.1 Å². The van der Waals surface area contributed by atoms with Gasteiger partial charge in [0.15, 0.2) is 6.61 Å². The molecule has 0 fully saturated rings. The van der Waals surface area contributed by atoms with E-state index in [0.717, 1.165) is 10.5 Å². The number of carbonyl (C=O) groups excluding carboxylic acids is 2. The molecule has 1 rings (SSSR count). The minimum absolute atomic E-state index is 0.214. The summed E-state index contributed by atoms with van der Waals surface area (Å²) in [7, 11) is 0. The van der Waals surface area contributed by atoms with E-state index < -0.39 is 5.97 Å². The highest BCUT2D eigenvalue weighted by Crippen LogP contribution is 2.10. The maximum Gasteiger partial charge on any atom is 0.331 e. The third kappa shape index (κ3) is 5.84. The van der Waals surface area contributed by atoms with E-state index in [4.69, 9.17) is 4.74 Å². The lowest BCUT2D eigenvalue weighted by molar-refractivity contribution is -0.147. The molecule has 1 heterocycles. The summed E-state index contributed by atoms with van der Waals surface area (Å²) in [6.07, 6.45) is 3.00. The molecule has 0 atom stereocenters. The monoisotopic (exact) mass is 293 g/mol. The smallest absolute Gasteiger partial charge is 0.331 e. The van der Waals surface area contributed by atoms with E-state index in [9.17, 15) is 9.59 Å². The molecule has 0 aliphatic carbocycles. The number of amides is 1. The fraction of sp³-hybridized carbons (Fsp3) is 0.333. The summed E-state index contributed by atoms with van der Waals surface area (Å²) in [6, 6.07) is 3.79. The van der Waals surface area contributed by atoms with E-state index in [2.05, 4.69) is 6.58 Å². The van der Waals surface area contributed by atoms with E-state index in [-0.39, 0.29) is 12.5 Å². The molecule has 20 heavy (non-hydrogen) atoms. The Bertz CT molecular complexity index is 491. The topological polar surface area (TPSA) is 46.6 Å². The Morgan fingerprint density at radius 2 is 2.25 bits per heavy atom. The molecule has 108 valence electrons. The first kappa shape index (κ1) is 16.2. The lowest BCUT2D eigenvalue weighted by atomic mass is 10.3. The van der Waals surface area contributed by atoms with Gasteiger partial charge in [-0.1, -0.05) is 18.2 Å². The Balaban J connectivity index is 2.39. The zero-order valence-corrected chi connectivity index (χ0v) is 12.6. The van der Waals surface area contributed by atoms with Crippen LogP contribution in [0.5, 0.6) is 0 Å². The summed E-state index contributed by atoms with van der Waals surface area (Å²) in [5.74, 6) is -0.730. The normalized spacial score (nSPS) is 10.5. The summed E-state index contributed by atoms with van der Waals surface area (Å²) in [5.41, 5.74) is 0.893. The van der Waals surface area contributed by atoms with Crippen molar-refractivity contribution in [3.63, 3.8) is 0 Å². The Labute approximate surface area is 123 Å². The molecular formula is C15H19NO3S. The number of hydrogen-bond acceptors (Lipinski definition) is 4. The largest absolute Gasteiger partial charge is 0.452 e. The summed E-state index contributed by atoms with van der Waals surface area (Å²) >= 11 is 1.53. The van der Waals surface area contributed by atoms with Crippen molar-refractivity contribution in [2.45, 2.75) is 13.8 Å². The predicted molar refractivity (Wildman–Crippen MR) is 81.4 cm³/mol. The first-order chi connectivity index (χ1) is 9.52. The molecule has 0 bridgehead atoms. The molecule has 1 amide bonds. The SMILES string of the molecule is C=C(C)CN(CC)C(=O)COC(=O)/C=C/c1cccs1. The zero-order chi connectivity index (χ0) is 15.0. The average molecular weight is 293 g/mol. The Morgan fingerprint density at radius 3 is 2.80 bits per heavy atom. The third-order valence-corrected chi connectivity index (χ3v) is 3.30. The number of likely N-dealkylation sites (N-methyl/N-ethyl adjacent to an activating group) is 1. The van der Waals surface area contributed by atoms with Crippen molar-refractivity contribution < 1.29 is 14.3 Å². The molecule has 0 aromatic carbocycles. The second-order valence-corrected chi connectivity index (χ2v) is 5.30. The van der Waals surface area contributed by atoms with Crippen LogP contribution >= 0.6 is 11.3 Å². The van der Waals surface area contributed by atoms with Crippen LogP contribution in [0.15, 0.2) is 35.7 Å². The average Bonchev–Trinajstić information content (AvgIpc) is 2.92. The number of hydrogen-bond donors (Lipinski definition) is 0. The fourth-order valence-electron chi connectivity index (χ4n) is 1.51. The van der Waals surface area contributed by atoms with Crippen LogP contribution in [0, 0.1) is 0 Å². The molecule has 1 aromatic rings. The predicted octanol–water partition coefficient (Wildman–Crippen LogP) is 2.73. The second-order valence-electron chi connectivity index (χ2n) is 4.32. The molecule has 5 heteroatoms. The van der Waals surface area contributed by atoms with E-state index in [1.165, 1.54) is 17.4 Å². The van der Waals surface area contributed by atoms with Crippen molar-refractivity contribution in [2.75, 3.05) is 19.7 Å². The van der Waals surface area contributed by atoms with Crippen LogP contribution in [-0.2, 0) is 14.3 Å². The van der Waals surface area contributed by atoms with Crippen LogP contribution in [0.1, 0.15) is 18.7 Å². The van der Waals surface area contributed by atoms with Crippen LogP contribution in [0.2, 0.25) is 0 Å². The number of thiophene rings is 1. The number of rotatable bonds is 7. The van der Waals surface area contributed by atoms with E-state index in [1.807, 2.05) is 31.4 Å². The van der Waals surface area contributed by atoms with Crippen LogP contribution in [0.4, 0.5) is 0 Å². The maximum atomic E-state index is 11.8. The van der Waals surface area contributed by atoms with Crippen molar-refractivity contribution >= 4 is 29.3 Å². The van der Waals surface area contributed by atoms with Crippen LogP contribution in [0.3, 0.4) is 0 Å². The van der Waals surface area contributed by atoms with Crippen molar-refractivity contribution in [1.29, 1.82) is 0 Å². The van der Waals surface area contributed by atoms with Crippen molar-refractivity contribution in [3.05, 3.63) is 40.6 Å². The van der Waals surface area contributed by atoms with Gasteiger partial charge in [-0.15, -0.1) is 11.3 Å². The van der Waals surface area contributed by atoms with Crippen LogP contribution in [0.25, 0.3) is 6.08 Å². The molecule has 1 aromatic heterocycles. The number of nitrogens with zero attached hydrogens (tertiary/aromatic N) is 1. The second kappa shape index (κ2) is 8.32. The van der Waals surface area contributed by atoms with Gasteiger partial charge in [-0.2, -0.15) is 0 Å². The van der Waals surface area contributed by atoms with Gasteiger partial charge in [-0.05, 0) is 31.4 Å². The summed E-state index contributed by atoms with van der Waals surface area (Å²) in [4.78, 5) is 25.9. The van der Waals surface area contributed by atoms with Gasteiger partial charge in [0.2, 0.25) is 0 Å². The molecule has 0 aliphatic rings. The van der Waals surface area contributed by atoms with Gasteiger partial charge in [0.25, 0.3) is 5.91 Å². The van der Waals surface area contributed by atoms with Crippen LogP contribution < -0.4 is 0 Å².